The van der Waals surface area contributed by atoms with Gasteiger partial charge < -0.3 is 10.2 Å². The minimum absolute atomic E-state index is 0. The van der Waals surface area contributed by atoms with E-state index in [2.05, 4.69) is 39.5 Å². The Hall–Kier alpha value is -1.03. The van der Waals surface area contributed by atoms with Crippen LogP contribution in [0.2, 0.25) is 0 Å². The number of nitrogens with zero attached hydrogens (tertiary/aromatic N) is 2. The molecule has 1 aliphatic heterocycles. The second-order valence-corrected chi connectivity index (χ2v) is 4.12. The van der Waals surface area contributed by atoms with Gasteiger partial charge in [-0.1, -0.05) is 6.07 Å². The van der Waals surface area contributed by atoms with Crippen LogP contribution in [0.15, 0.2) is 36.5 Å². The molecule has 0 atom stereocenters. The van der Waals surface area contributed by atoms with Crippen LogP contribution >= 0.6 is 24.8 Å². The van der Waals surface area contributed by atoms with Crippen LogP contribution < -0.4 is 10.2 Å². The molecule has 3 rings (SSSR count). The molecule has 0 spiro atoms. The highest BCUT2D eigenvalue weighted by atomic mass is 35.5. The number of rotatable bonds is 1. The maximum absolute atomic E-state index is 4.34. The number of pyridine rings is 1. The lowest BCUT2D eigenvalue weighted by atomic mass is 10.2. The average molecular weight is 286 g/mol. The molecule has 1 saturated heterocycles. The fourth-order valence-electron chi connectivity index (χ4n) is 2.18. The third-order valence-corrected chi connectivity index (χ3v) is 3.07. The summed E-state index contributed by atoms with van der Waals surface area (Å²) < 4.78 is 0. The number of benzene rings is 1. The normalized spacial score (nSPS) is 14.8. The zero-order chi connectivity index (χ0) is 10.8. The standard InChI is InChI=1S/C13H15N3.2ClH/c1-2-11-10-12(3-4-13(11)15-5-1)16-8-6-14-7-9-16;;/h1-5,10,14H,6-9H2;2*1H. The Bertz CT molecular complexity index is 498. The van der Waals surface area contributed by atoms with E-state index in [1.165, 1.54) is 11.1 Å². The maximum atomic E-state index is 4.34. The smallest absolute Gasteiger partial charge is 0.0703 e. The van der Waals surface area contributed by atoms with E-state index in [1.54, 1.807) is 0 Å². The second-order valence-electron chi connectivity index (χ2n) is 4.12. The van der Waals surface area contributed by atoms with Crippen LogP contribution in [0.1, 0.15) is 0 Å². The van der Waals surface area contributed by atoms with Crippen LogP contribution in [0.25, 0.3) is 10.9 Å². The third kappa shape index (κ3) is 3.05. The van der Waals surface area contributed by atoms with E-state index in [4.69, 9.17) is 0 Å². The van der Waals surface area contributed by atoms with Gasteiger partial charge in [0.1, 0.15) is 0 Å². The van der Waals surface area contributed by atoms with Crippen LogP contribution in [0.5, 0.6) is 0 Å². The number of fused-ring (bicyclic) bond motifs is 1. The van der Waals surface area contributed by atoms with Crippen molar-refractivity contribution in [1.29, 1.82) is 0 Å². The first-order chi connectivity index (χ1) is 7.93. The molecule has 3 nitrogen and oxygen atoms in total. The van der Waals surface area contributed by atoms with Gasteiger partial charge in [0.15, 0.2) is 0 Å². The summed E-state index contributed by atoms with van der Waals surface area (Å²) in [6.07, 6.45) is 1.84. The van der Waals surface area contributed by atoms with Crippen LogP contribution in [-0.4, -0.2) is 31.2 Å². The molecule has 0 saturated carbocycles. The number of hydrogen-bond donors (Lipinski definition) is 1. The average Bonchev–Trinajstić information content (AvgIpc) is 2.39. The fraction of sp³-hybridized carbons (Fsp3) is 0.308. The summed E-state index contributed by atoms with van der Waals surface area (Å²) in [7, 11) is 0. The van der Waals surface area contributed by atoms with Crippen molar-refractivity contribution in [2.75, 3.05) is 31.1 Å². The van der Waals surface area contributed by atoms with Crippen LogP contribution in [0.3, 0.4) is 0 Å². The predicted molar refractivity (Wildman–Crippen MR) is 81.3 cm³/mol. The molecule has 2 heterocycles. The number of anilines is 1. The molecule has 0 aliphatic carbocycles. The van der Waals surface area contributed by atoms with Crippen molar-refractivity contribution in [2.24, 2.45) is 0 Å². The van der Waals surface area contributed by atoms with Gasteiger partial charge in [-0.2, -0.15) is 0 Å². The van der Waals surface area contributed by atoms with E-state index >= 15 is 0 Å². The van der Waals surface area contributed by atoms with E-state index < -0.39 is 0 Å². The fourth-order valence-corrected chi connectivity index (χ4v) is 2.18. The third-order valence-electron chi connectivity index (χ3n) is 3.07. The SMILES string of the molecule is Cl.Cl.c1cnc2ccc(N3CCNCC3)cc2c1. The minimum Gasteiger partial charge on any atom is -0.369 e. The Balaban J connectivity index is 0.000000810. The molecule has 1 aromatic heterocycles. The second kappa shape index (κ2) is 6.78. The lowest BCUT2D eigenvalue weighted by Gasteiger charge is -2.29. The van der Waals surface area contributed by atoms with Crippen molar-refractivity contribution in [2.45, 2.75) is 0 Å². The maximum Gasteiger partial charge on any atom is 0.0703 e. The highest BCUT2D eigenvalue weighted by Gasteiger charge is 2.10. The van der Waals surface area contributed by atoms with Gasteiger partial charge >= 0.3 is 0 Å². The van der Waals surface area contributed by atoms with Crippen LogP contribution in [0, 0.1) is 0 Å². The van der Waals surface area contributed by atoms with Crippen molar-refractivity contribution in [3.8, 4) is 0 Å². The molecular formula is C13H17Cl2N3. The first kappa shape index (κ1) is 15.0. The first-order valence-electron chi connectivity index (χ1n) is 5.74. The molecule has 1 N–H and O–H groups in total. The number of aromatic nitrogens is 1. The zero-order valence-electron chi connectivity index (χ0n) is 10.0. The van der Waals surface area contributed by atoms with Crippen molar-refractivity contribution in [1.82, 2.24) is 10.3 Å². The van der Waals surface area contributed by atoms with E-state index in [1.807, 2.05) is 12.3 Å². The molecule has 0 amide bonds. The molecule has 5 heteroatoms. The summed E-state index contributed by atoms with van der Waals surface area (Å²) in [5.41, 5.74) is 2.38. The van der Waals surface area contributed by atoms with Crippen molar-refractivity contribution >= 4 is 41.4 Å². The van der Waals surface area contributed by atoms with Gasteiger partial charge in [-0.25, -0.2) is 0 Å². The number of hydrogen-bond acceptors (Lipinski definition) is 3. The molecule has 98 valence electrons. The van der Waals surface area contributed by atoms with E-state index in [-0.39, 0.29) is 24.8 Å². The monoisotopic (exact) mass is 285 g/mol. The highest BCUT2D eigenvalue weighted by molar-refractivity contribution is 5.85. The predicted octanol–water partition coefficient (Wildman–Crippen LogP) is 2.49. The first-order valence-corrected chi connectivity index (χ1v) is 5.74. The van der Waals surface area contributed by atoms with Gasteiger partial charge in [0, 0.05) is 43.4 Å². The lowest BCUT2D eigenvalue weighted by Crippen LogP contribution is -2.43. The highest BCUT2D eigenvalue weighted by Crippen LogP contribution is 2.20. The summed E-state index contributed by atoms with van der Waals surface area (Å²) in [4.78, 5) is 6.76. The molecular weight excluding hydrogens is 269 g/mol. The Morgan fingerprint density at radius 2 is 1.83 bits per heavy atom. The summed E-state index contributed by atoms with van der Waals surface area (Å²) >= 11 is 0. The van der Waals surface area contributed by atoms with Gasteiger partial charge in [0.05, 0.1) is 5.52 Å². The van der Waals surface area contributed by atoms with Gasteiger partial charge in [-0.3, -0.25) is 4.98 Å². The molecule has 18 heavy (non-hydrogen) atoms. The molecule has 0 radical (unpaired) electrons. The van der Waals surface area contributed by atoms with Crippen molar-refractivity contribution < 1.29 is 0 Å². The summed E-state index contributed by atoms with van der Waals surface area (Å²) in [6, 6.07) is 10.6. The Morgan fingerprint density at radius 3 is 2.61 bits per heavy atom. The van der Waals surface area contributed by atoms with Gasteiger partial charge in [0.25, 0.3) is 0 Å². The van der Waals surface area contributed by atoms with Gasteiger partial charge in [-0.05, 0) is 24.3 Å². The molecule has 0 bridgehead atoms. The molecule has 1 fully saturated rings. The Morgan fingerprint density at radius 1 is 1.06 bits per heavy atom. The minimum atomic E-state index is 0. The zero-order valence-corrected chi connectivity index (χ0v) is 11.6. The van der Waals surface area contributed by atoms with E-state index in [0.717, 1.165) is 31.7 Å². The summed E-state index contributed by atoms with van der Waals surface area (Å²) in [5.74, 6) is 0. The molecule has 1 aliphatic rings. The lowest BCUT2D eigenvalue weighted by molar-refractivity contribution is 0.589. The summed E-state index contributed by atoms with van der Waals surface area (Å²) in [5, 5.41) is 4.59. The van der Waals surface area contributed by atoms with Crippen molar-refractivity contribution in [3.05, 3.63) is 36.5 Å². The topological polar surface area (TPSA) is 28.2 Å². The largest absolute Gasteiger partial charge is 0.369 e. The van der Waals surface area contributed by atoms with E-state index in [0.29, 0.717) is 0 Å². The van der Waals surface area contributed by atoms with E-state index in [9.17, 15) is 0 Å². The van der Waals surface area contributed by atoms with Crippen LogP contribution in [-0.2, 0) is 0 Å². The number of nitrogens with one attached hydrogen (secondary N) is 1. The molecule has 2 aromatic rings. The molecule has 0 unspecified atom stereocenters. The number of halogens is 2. The number of piperazine rings is 1. The Kier molecular flexibility index (Phi) is 5.66. The van der Waals surface area contributed by atoms with Crippen molar-refractivity contribution in [3.63, 3.8) is 0 Å². The van der Waals surface area contributed by atoms with Gasteiger partial charge in [-0.15, -0.1) is 24.8 Å². The van der Waals surface area contributed by atoms with Gasteiger partial charge in [0.2, 0.25) is 0 Å². The summed E-state index contributed by atoms with van der Waals surface area (Å²) in [6.45, 7) is 4.33. The molecule has 1 aromatic carbocycles. The van der Waals surface area contributed by atoms with Crippen LogP contribution in [0.4, 0.5) is 5.69 Å². The Labute approximate surface area is 119 Å². The quantitative estimate of drug-likeness (QED) is 0.873.